The standard InChI is InChI=1S/C21H23FN4/c1-14(2)17-6-10-19(11-7-17)25-21-24-15(3)12-20(26-21)23-13-16-4-8-18(22)9-5-16/h4-12,14H,13H2,1-3H3,(H2,23,24,25,26). The Bertz CT molecular complexity index is 858. The number of hydrogen-bond acceptors (Lipinski definition) is 4. The summed E-state index contributed by atoms with van der Waals surface area (Å²) in [5, 5.41) is 6.50. The second-order valence-electron chi connectivity index (χ2n) is 6.60. The molecule has 2 N–H and O–H groups in total. The van der Waals surface area contributed by atoms with Crippen molar-refractivity contribution in [1.82, 2.24) is 9.97 Å². The highest BCUT2D eigenvalue weighted by molar-refractivity contribution is 5.56. The smallest absolute Gasteiger partial charge is 0.229 e. The maximum atomic E-state index is 13.0. The summed E-state index contributed by atoms with van der Waals surface area (Å²) >= 11 is 0. The summed E-state index contributed by atoms with van der Waals surface area (Å²) in [5.74, 6) is 1.54. The van der Waals surface area contributed by atoms with Gasteiger partial charge in [0.05, 0.1) is 0 Å². The summed E-state index contributed by atoms with van der Waals surface area (Å²) in [6.07, 6.45) is 0. The Hall–Kier alpha value is -2.95. The van der Waals surface area contributed by atoms with Gasteiger partial charge in [-0.2, -0.15) is 4.98 Å². The Kier molecular flexibility index (Phi) is 5.46. The van der Waals surface area contributed by atoms with E-state index in [-0.39, 0.29) is 5.82 Å². The lowest BCUT2D eigenvalue weighted by molar-refractivity contribution is 0.627. The van der Waals surface area contributed by atoms with Crippen LogP contribution in [0, 0.1) is 12.7 Å². The van der Waals surface area contributed by atoms with Crippen molar-refractivity contribution in [1.29, 1.82) is 0 Å². The summed E-state index contributed by atoms with van der Waals surface area (Å²) in [6, 6.07) is 16.6. The fourth-order valence-electron chi connectivity index (χ4n) is 2.59. The highest BCUT2D eigenvalue weighted by Gasteiger charge is 2.04. The maximum Gasteiger partial charge on any atom is 0.229 e. The molecule has 0 radical (unpaired) electrons. The van der Waals surface area contributed by atoms with Crippen molar-refractivity contribution >= 4 is 17.5 Å². The lowest BCUT2D eigenvalue weighted by Gasteiger charge is -2.11. The minimum atomic E-state index is -0.235. The molecule has 0 atom stereocenters. The minimum absolute atomic E-state index is 0.235. The molecular formula is C21H23FN4. The zero-order valence-electron chi connectivity index (χ0n) is 15.3. The Labute approximate surface area is 153 Å². The van der Waals surface area contributed by atoms with Crippen molar-refractivity contribution in [2.45, 2.75) is 33.2 Å². The summed E-state index contributed by atoms with van der Waals surface area (Å²) in [4.78, 5) is 8.95. The van der Waals surface area contributed by atoms with Crippen molar-refractivity contribution in [3.63, 3.8) is 0 Å². The predicted molar refractivity (Wildman–Crippen MR) is 104 cm³/mol. The van der Waals surface area contributed by atoms with Crippen LogP contribution in [0.3, 0.4) is 0 Å². The van der Waals surface area contributed by atoms with E-state index < -0.39 is 0 Å². The van der Waals surface area contributed by atoms with Gasteiger partial charge in [-0.15, -0.1) is 0 Å². The van der Waals surface area contributed by atoms with Crippen molar-refractivity contribution in [2.75, 3.05) is 10.6 Å². The second-order valence-corrected chi connectivity index (χ2v) is 6.60. The van der Waals surface area contributed by atoms with Gasteiger partial charge in [0.25, 0.3) is 0 Å². The van der Waals surface area contributed by atoms with Crippen LogP contribution in [0.25, 0.3) is 0 Å². The number of nitrogens with zero attached hydrogens (tertiary/aromatic N) is 2. The molecule has 3 rings (SSSR count). The summed E-state index contributed by atoms with van der Waals surface area (Å²) in [6.45, 7) is 6.84. The third-order valence-corrected chi connectivity index (χ3v) is 4.07. The van der Waals surface area contributed by atoms with E-state index in [1.807, 2.05) is 25.1 Å². The molecule has 0 fully saturated rings. The van der Waals surface area contributed by atoms with E-state index in [4.69, 9.17) is 0 Å². The quantitative estimate of drug-likeness (QED) is 0.625. The molecule has 0 aliphatic rings. The molecule has 0 amide bonds. The Balaban J connectivity index is 1.69. The van der Waals surface area contributed by atoms with Gasteiger partial charge in [0.15, 0.2) is 0 Å². The number of aryl methyl sites for hydroxylation is 1. The van der Waals surface area contributed by atoms with Crippen LogP contribution in [0.1, 0.15) is 36.6 Å². The normalized spacial score (nSPS) is 10.8. The predicted octanol–water partition coefficient (Wildman–Crippen LogP) is 5.40. The van der Waals surface area contributed by atoms with Crippen molar-refractivity contribution in [3.8, 4) is 0 Å². The molecule has 1 heterocycles. The highest BCUT2D eigenvalue weighted by atomic mass is 19.1. The first-order valence-corrected chi connectivity index (χ1v) is 8.70. The Morgan fingerprint density at radius 1 is 0.962 bits per heavy atom. The van der Waals surface area contributed by atoms with E-state index in [0.29, 0.717) is 18.4 Å². The fraction of sp³-hybridized carbons (Fsp3) is 0.238. The van der Waals surface area contributed by atoms with E-state index in [2.05, 4.69) is 46.6 Å². The van der Waals surface area contributed by atoms with Gasteiger partial charge in [0.1, 0.15) is 11.6 Å². The number of aromatic nitrogens is 2. The summed E-state index contributed by atoms with van der Waals surface area (Å²) < 4.78 is 13.0. The lowest BCUT2D eigenvalue weighted by Crippen LogP contribution is -2.05. The van der Waals surface area contributed by atoms with Crippen molar-refractivity contribution < 1.29 is 4.39 Å². The summed E-state index contributed by atoms with van der Waals surface area (Å²) in [5.41, 5.74) is 4.09. The largest absolute Gasteiger partial charge is 0.366 e. The van der Waals surface area contributed by atoms with Crippen LogP contribution in [0.15, 0.2) is 54.6 Å². The van der Waals surface area contributed by atoms with E-state index in [1.54, 1.807) is 12.1 Å². The van der Waals surface area contributed by atoms with E-state index >= 15 is 0 Å². The van der Waals surface area contributed by atoms with Crippen LogP contribution < -0.4 is 10.6 Å². The second kappa shape index (κ2) is 7.95. The first kappa shape index (κ1) is 17.9. The molecule has 2 aromatic carbocycles. The maximum absolute atomic E-state index is 13.0. The molecule has 0 spiro atoms. The molecule has 1 aromatic heterocycles. The van der Waals surface area contributed by atoms with Gasteiger partial charge in [0.2, 0.25) is 5.95 Å². The molecule has 26 heavy (non-hydrogen) atoms. The molecule has 0 aliphatic heterocycles. The average molecular weight is 350 g/mol. The number of halogens is 1. The van der Waals surface area contributed by atoms with E-state index in [9.17, 15) is 4.39 Å². The third kappa shape index (κ3) is 4.79. The monoisotopic (exact) mass is 350 g/mol. The molecule has 0 saturated carbocycles. The molecule has 0 aliphatic carbocycles. The minimum Gasteiger partial charge on any atom is -0.366 e. The van der Waals surface area contributed by atoms with Gasteiger partial charge >= 0.3 is 0 Å². The number of nitrogens with one attached hydrogen (secondary N) is 2. The molecule has 5 heteroatoms. The lowest BCUT2D eigenvalue weighted by atomic mass is 10.0. The van der Waals surface area contributed by atoms with Gasteiger partial charge in [-0.3, -0.25) is 0 Å². The Morgan fingerprint density at radius 2 is 1.65 bits per heavy atom. The SMILES string of the molecule is Cc1cc(NCc2ccc(F)cc2)nc(Nc2ccc(C(C)C)cc2)n1. The zero-order valence-corrected chi connectivity index (χ0v) is 15.3. The number of anilines is 3. The first-order valence-electron chi connectivity index (χ1n) is 8.70. The van der Waals surface area contributed by atoms with Crippen LogP contribution in [0.5, 0.6) is 0 Å². The van der Waals surface area contributed by atoms with Crippen LogP contribution in [0.4, 0.5) is 21.8 Å². The highest BCUT2D eigenvalue weighted by Crippen LogP contribution is 2.20. The molecule has 134 valence electrons. The van der Waals surface area contributed by atoms with Crippen LogP contribution >= 0.6 is 0 Å². The molecule has 4 nitrogen and oxygen atoms in total. The first-order chi connectivity index (χ1) is 12.5. The molecule has 3 aromatic rings. The molecule has 0 unspecified atom stereocenters. The van der Waals surface area contributed by atoms with Gasteiger partial charge in [-0.05, 0) is 48.2 Å². The van der Waals surface area contributed by atoms with Gasteiger partial charge in [-0.25, -0.2) is 9.37 Å². The number of rotatable bonds is 6. The van der Waals surface area contributed by atoms with Gasteiger partial charge in [-0.1, -0.05) is 38.1 Å². The van der Waals surface area contributed by atoms with Crippen molar-refractivity contribution in [3.05, 3.63) is 77.2 Å². The Morgan fingerprint density at radius 3 is 2.31 bits per heavy atom. The third-order valence-electron chi connectivity index (χ3n) is 4.07. The fourth-order valence-corrected chi connectivity index (χ4v) is 2.59. The molecular weight excluding hydrogens is 327 g/mol. The zero-order chi connectivity index (χ0) is 18.5. The van der Waals surface area contributed by atoms with Crippen LogP contribution in [-0.2, 0) is 6.54 Å². The van der Waals surface area contributed by atoms with Crippen LogP contribution in [-0.4, -0.2) is 9.97 Å². The number of hydrogen-bond donors (Lipinski definition) is 2. The van der Waals surface area contributed by atoms with E-state index in [1.165, 1.54) is 17.7 Å². The van der Waals surface area contributed by atoms with Crippen molar-refractivity contribution in [2.24, 2.45) is 0 Å². The average Bonchev–Trinajstić information content (AvgIpc) is 2.61. The topological polar surface area (TPSA) is 49.8 Å². The molecule has 0 bridgehead atoms. The van der Waals surface area contributed by atoms with Gasteiger partial charge in [0, 0.05) is 24.0 Å². The number of benzene rings is 2. The van der Waals surface area contributed by atoms with Gasteiger partial charge < -0.3 is 10.6 Å². The molecule has 0 saturated heterocycles. The summed E-state index contributed by atoms with van der Waals surface area (Å²) in [7, 11) is 0. The van der Waals surface area contributed by atoms with Crippen LogP contribution in [0.2, 0.25) is 0 Å². The van der Waals surface area contributed by atoms with E-state index in [0.717, 1.165) is 22.8 Å².